The molecule has 1 aromatic carbocycles. The summed E-state index contributed by atoms with van der Waals surface area (Å²) in [5.41, 5.74) is 6.94. The molecule has 0 aliphatic carbocycles. The first-order valence-electron chi connectivity index (χ1n) is 5.71. The second-order valence-electron chi connectivity index (χ2n) is 4.07. The highest BCUT2D eigenvalue weighted by Crippen LogP contribution is 2.16. The minimum absolute atomic E-state index is 0.0696. The van der Waals surface area contributed by atoms with Crippen molar-refractivity contribution < 1.29 is 9.59 Å². The Balaban J connectivity index is 2.70. The molecular formula is C13H18N2O2. The van der Waals surface area contributed by atoms with Gasteiger partial charge in [0, 0.05) is 18.0 Å². The first kappa shape index (κ1) is 13.2. The zero-order chi connectivity index (χ0) is 12.8. The van der Waals surface area contributed by atoms with Gasteiger partial charge in [0.2, 0.25) is 11.8 Å². The number of nitrogens with one attached hydrogen (secondary N) is 1. The van der Waals surface area contributed by atoms with Crippen LogP contribution in [-0.4, -0.2) is 11.8 Å². The number of hydrogen-bond acceptors (Lipinski definition) is 2. The smallest absolute Gasteiger partial charge is 0.227 e. The lowest BCUT2D eigenvalue weighted by Crippen LogP contribution is -2.25. The molecule has 0 heterocycles. The third kappa shape index (κ3) is 3.90. The maximum absolute atomic E-state index is 11.8. The van der Waals surface area contributed by atoms with Gasteiger partial charge in [-0.2, -0.15) is 0 Å². The van der Waals surface area contributed by atoms with Gasteiger partial charge in [0.25, 0.3) is 0 Å². The Kier molecular flexibility index (Phi) is 4.69. The van der Waals surface area contributed by atoms with Crippen molar-refractivity contribution in [3.63, 3.8) is 0 Å². The fraction of sp³-hybridized carbons (Fsp3) is 0.385. The van der Waals surface area contributed by atoms with Gasteiger partial charge in [-0.25, -0.2) is 0 Å². The molecule has 0 saturated carbocycles. The molecule has 4 heteroatoms. The van der Waals surface area contributed by atoms with E-state index in [1.807, 2.05) is 31.2 Å². The molecule has 0 aliphatic heterocycles. The van der Waals surface area contributed by atoms with Crippen LogP contribution >= 0.6 is 0 Å². The zero-order valence-electron chi connectivity index (χ0n) is 10.2. The first-order valence-corrected chi connectivity index (χ1v) is 5.71. The van der Waals surface area contributed by atoms with Gasteiger partial charge in [-0.3, -0.25) is 9.59 Å². The fourth-order valence-corrected chi connectivity index (χ4v) is 1.60. The van der Waals surface area contributed by atoms with E-state index in [1.165, 1.54) is 0 Å². The molecule has 0 fully saturated rings. The third-order valence-corrected chi connectivity index (χ3v) is 2.61. The number of anilines is 1. The van der Waals surface area contributed by atoms with E-state index in [4.69, 9.17) is 5.73 Å². The number of hydrogen-bond donors (Lipinski definition) is 2. The quantitative estimate of drug-likeness (QED) is 0.813. The SMILES string of the molecule is CCc1ccccc1NC(=O)C(C)CC(N)=O. The highest BCUT2D eigenvalue weighted by molar-refractivity contribution is 5.95. The Bertz CT molecular complexity index is 416. The van der Waals surface area contributed by atoms with Gasteiger partial charge in [0.15, 0.2) is 0 Å². The minimum Gasteiger partial charge on any atom is -0.370 e. The summed E-state index contributed by atoms with van der Waals surface area (Å²) in [5, 5.41) is 2.82. The predicted molar refractivity (Wildman–Crippen MR) is 67.4 cm³/mol. The van der Waals surface area contributed by atoms with E-state index in [2.05, 4.69) is 5.32 Å². The van der Waals surface area contributed by atoms with Crippen molar-refractivity contribution in [2.75, 3.05) is 5.32 Å². The average Bonchev–Trinajstić information content (AvgIpc) is 2.28. The maximum atomic E-state index is 11.8. The van der Waals surface area contributed by atoms with Crippen LogP contribution in [0.4, 0.5) is 5.69 Å². The number of primary amides is 1. The summed E-state index contributed by atoms with van der Waals surface area (Å²) in [5.74, 6) is -1.04. The highest BCUT2D eigenvalue weighted by atomic mass is 16.2. The van der Waals surface area contributed by atoms with E-state index >= 15 is 0 Å². The number of nitrogens with two attached hydrogens (primary N) is 1. The van der Waals surface area contributed by atoms with Gasteiger partial charge >= 0.3 is 0 Å². The van der Waals surface area contributed by atoms with E-state index in [-0.39, 0.29) is 12.3 Å². The Hall–Kier alpha value is -1.84. The van der Waals surface area contributed by atoms with Crippen LogP contribution in [0.1, 0.15) is 25.8 Å². The number of carbonyl (C=O) groups excluding carboxylic acids is 2. The molecule has 17 heavy (non-hydrogen) atoms. The van der Waals surface area contributed by atoms with Gasteiger partial charge in [-0.15, -0.1) is 0 Å². The molecule has 3 N–H and O–H groups in total. The summed E-state index contributed by atoms with van der Waals surface area (Å²) >= 11 is 0. The van der Waals surface area contributed by atoms with Crippen molar-refractivity contribution in [3.8, 4) is 0 Å². The molecule has 1 unspecified atom stereocenters. The second kappa shape index (κ2) is 6.03. The number of rotatable bonds is 5. The Labute approximate surface area is 101 Å². The molecule has 1 aromatic rings. The van der Waals surface area contributed by atoms with E-state index in [0.717, 1.165) is 17.7 Å². The summed E-state index contributed by atoms with van der Waals surface area (Å²) in [6.45, 7) is 3.71. The van der Waals surface area contributed by atoms with Crippen LogP contribution in [0.2, 0.25) is 0 Å². The Morgan fingerprint density at radius 3 is 2.59 bits per heavy atom. The summed E-state index contributed by atoms with van der Waals surface area (Å²) in [7, 11) is 0. The molecule has 4 nitrogen and oxygen atoms in total. The van der Waals surface area contributed by atoms with Crippen LogP contribution in [0.25, 0.3) is 0 Å². The van der Waals surface area contributed by atoms with Crippen LogP contribution in [0.15, 0.2) is 24.3 Å². The molecule has 0 saturated heterocycles. The van der Waals surface area contributed by atoms with Crippen LogP contribution in [0.3, 0.4) is 0 Å². The van der Waals surface area contributed by atoms with Crippen molar-refractivity contribution in [1.82, 2.24) is 0 Å². The average molecular weight is 234 g/mol. The predicted octanol–water partition coefficient (Wildman–Crippen LogP) is 1.70. The molecule has 0 aromatic heterocycles. The Morgan fingerprint density at radius 1 is 1.35 bits per heavy atom. The third-order valence-electron chi connectivity index (χ3n) is 2.61. The molecule has 0 spiro atoms. The van der Waals surface area contributed by atoms with Crippen molar-refractivity contribution >= 4 is 17.5 Å². The largest absolute Gasteiger partial charge is 0.370 e. The number of benzene rings is 1. The molecule has 1 rings (SSSR count). The summed E-state index contributed by atoms with van der Waals surface area (Å²) in [4.78, 5) is 22.5. The van der Waals surface area contributed by atoms with Gasteiger partial charge < -0.3 is 11.1 Å². The van der Waals surface area contributed by atoms with Crippen LogP contribution in [0, 0.1) is 5.92 Å². The molecule has 0 radical (unpaired) electrons. The van der Waals surface area contributed by atoms with Crippen LogP contribution < -0.4 is 11.1 Å². The molecule has 92 valence electrons. The number of carbonyl (C=O) groups is 2. The molecule has 0 aliphatic rings. The monoisotopic (exact) mass is 234 g/mol. The van der Waals surface area contributed by atoms with Crippen molar-refractivity contribution in [2.24, 2.45) is 11.7 Å². The number of aryl methyl sites for hydroxylation is 1. The lowest BCUT2D eigenvalue weighted by molar-refractivity contribution is -0.125. The van der Waals surface area contributed by atoms with Gasteiger partial charge in [0.1, 0.15) is 0 Å². The van der Waals surface area contributed by atoms with Crippen LogP contribution in [0.5, 0.6) is 0 Å². The second-order valence-corrected chi connectivity index (χ2v) is 4.07. The van der Waals surface area contributed by atoms with Gasteiger partial charge in [-0.1, -0.05) is 32.0 Å². The molecule has 1 atom stereocenters. The van der Waals surface area contributed by atoms with Crippen molar-refractivity contribution in [1.29, 1.82) is 0 Å². The fourth-order valence-electron chi connectivity index (χ4n) is 1.60. The van der Waals surface area contributed by atoms with Gasteiger partial charge in [0.05, 0.1) is 0 Å². The number of para-hydroxylation sites is 1. The maximum Gasteiger partial charge on any atom is 0.227 e. The highest BCUT2D eigenvalue weighted by Gasteiger charge is 2.16. The molecule has 0 bridgehead atoms. The summed E-state index contributed by atoms with van der Waals surface area (Å²) in [6, 6.07) is 7.62. The Morgan fingerprint density at radius 2 is 2.00 bits per heavy atom. The summed E-state index contributed by atoms with van der Waals surface area (Å²) < 4.78 is 0. The van der Waals surface area contributed by atoms with E-state index < -0.39 is 11.8 Å². The summed E-state index contributed by atoms with van der Waals surface area (Å²) in [6.07, 6.45) is 0.917. The normalized spacial score (nSPS) is 11.9. The van der Waals surface area contributed by atoms with Gasteiger partial charge in [-0.05, 0) is 18.1 Å². The molecule has 2 amide bonds. The minimum atomic E-state index is -0.462. The first-order chi connectivity index (χ1) is 8.04. The van der Waals surface area contributed by atoms with E-state index in [1.54, 1.807) is 6.92 Å². The van der Waals surface area contributed by atoms with Crippen molar-refractivity contribution in [2.45, 2.75) is 26.7 Å². The lowest BCUT2D eigenvalue weighted by Gasteiger charge is -2.13. The van der Waals surface area contributed by atoms with Crippen molar-refractivity contribution in [3.05, 3.63) is 29.8 Å². The van der Waals surface area contributed by atoms with E-state index in [9.17, 15) is 9.59 Å². The standard InChI is InChI=1S/C13H18N2O2/c1-3-10-6-4-5-7-11(10)15-13(17)9(2)8-12(14)16/h4-7,9H,3,8H2,1-2H3,(H2,14,16)(H,15,17). The lowest BCUT2D eigenvalue weighted by atomic mass is 10.1. The van der Waals surface area contributed by atoms with E-state index in [0.29, 0.717) is 0 Å². The topological polar surface area (TPSA) is 72.2 Å². The van der Waals surface area contributed by atoms with Crippen LogP contribution in [-0.2, 0) is 16.0 Å². The molecular weight excluding hydrogens is 216 g/mol. The number of amides is 2. The zero-order valence-corrected chi connectivity index (χ0v) is 10.2.